The number of nitrogens with one attached hydrogen (secondary N) is 1. The van der Waals surface area contributed by atoms with Crippen LogP contribution in [0.15, 0.2) is 70.0 Å². The van der Waals surface area contributed by atoms with E-state index >= 15 is 0 Å². The molecule has 0 bridgehead atoms. The van der Waals surface area contributed by atoms with Crippen molar-refractivity contribution in [1.82, 2.24) is 13.6 Å². The lowest BCUT2D eigenvalue weighted by molar-refractivity contribution is 0.0786. The van der Waals surface area contributed by atoms with Gasteiger partial charge in [-0.15, -0.1) is 0 Å². The first kappa shape index (κ1) is 22.3. The fourth-order valence-electron chi connectivity index (χ4n) is 3.13. The van der Waals surface area contributed by atoms with Gasteiger partial charge in [-0.05, 0) is 48.0 Å². The van der Waals surface area contributed by atoms with Gasteiger partial charge in [0.1, 0.15) is 21.7 Å². The molecule has 4 rings (SSSR count). The third kappa shape index (κ3) is 4.64. The maximum Gasteiger partial charge on any atom is 0.264 e. The summed E-state index contributed by atoms with van der Waals surface area (Å²) in [5, 5.41) is 0. The van der Waals surface area contributed by atoms with Crippen LogP contribution in [0, 0.1) is 5.82 Å². The molecule has 1 heterocycles. The summed E-state index contributed by atoms with van der Waals surface area (Å²) in [6.45, 7) is 0.227. The van der Waals surface area contributed by atoms with E-state index in [0.717, 1.165) is 17.3 Å². The molecule has 0 unspecified atom stereocenters. The topological polar surface area (TPSA) is 92.3 Å². The molecule has 1 amide bonds. The number of carbonyl (C=O) groups is 1. The molecule has 0 atom stereocenters. The second-order valence-corrected chi connectivity index (χ2v) is 10.1. The molecule has 164 valence electrons. The zero-order valence-electron chi connectivity index (χ0n) is 16.6. The fraction of sp³-hybridized carbons (Fsp3) is 0.0952. The molecule has 3 aromatic carbocycles. The predicted molar refractivity (Wildman–Crippen MR) is 125 cm³/mol. The number of sulfonamides is 1. The molecule has 11 heteroatoms. The summed E-state index contributed by atoms with van der Waals surface area (Å²) in [6, 6.07) is 15.2. The van der Waals surface area contributed by atoms with Gasteiger partial charge in [-0.25, -0.2) is 12.8 Å². The molecule has 0 aliphatic carbocycles. The number of amides is 1. The molecule has 7 nitrogen and oxygen atoms in total. The fourth-order valence-corrected chi connectivity index (χ4v) is 5.33. The van der Waals surface area contributed by atoms with E-state index in [0.29, 0.717) is 9.99 Å². The minimum atomic E-state index is -4.05. The van der Waals surface area contributed by atoms with E-state index in [-0.39, 0.29) is 34.0 Å². The maximum absolute atomic E-state index is 13.2. The Balaban J connectivity index is 1.65. The average molecular weight is 535 g/mol. The summed E-state index contributed by atoms with van der Waals surface area (Å²) in [5.41, 5.74) is 1.77. The highest BCUT2D eigenvalue weighted by atomic mass is 79.9. The zero-order chi connectivity index (χ0) is 22.9. The van der Waals surface area contributed by atoms with Crippen LogP contribution in [0.4, 0.5) is 10.1 Å². The third-order valence-electron chi connectivity index (χ3n) is 4.67. The molecule has 0 fully saturated rings. The first-order valence-electron chi connectivity index (χ1n) is 9.28. The Hall–Kier alpha value is -2.89. The molecule has 0 saturated carbocycles. The molecular weight excluding hydrogens is 519 g/mol. The molecule has 0 radical (unpaired) electrons. The average Bonchev–Trinajstić information content (AvgIpc) is 3.23. The highest BCUT2D eigenvalue weighted by molar-refractivity contribution is 9.10. The van der Waals surface area contributed by atoms with Gasteiger partial charge in [0.25, 0.3) is 15.9 Å². The summed E-state index contributed by atoms with van der Waals surface area (Å²) < 4.78 is 50.7. The molecule has 0 spiro atoms. The first-order chi connectivity index (χ1) is 15.2. The predicted octanol–water partition coefficient (Wildman–Crippen LogP) is 4.67. The number of nitrogens with zero attached hydrogens (tertiary/aromatic N) is 3. The van der Waals surface area contributed by atoms with Crippen LogP contribution >= 0.6 is 27.7 Å². The highest BCUT2D eigenvalue weighted by Gasteiger charge is 2.24. The third-order valence-corrected chi connectivity index (χ3v) is 7.11. The van der Waals surface area contributed by atoms with E-state index in [1.54, 1.807) is 37.4 Å². The Morgan fingerprint density at radius 2 is 1.88 bits per heavy atom. The number of anilines is 1. The highest BCUT2D eigenvalue weighted by Crippen LogP contribution is 2.28. The number of rotatable bonds is 6. The Labute approximate surface area is 196 Å². The monoisotopic (exact) mass is 534 g/mol. The van der Waals surface area contributed by atoms with Crippen molar-refractivity contribution < 1.29 is 17.6 Å². The van der Waals surface area contributed by atoms with Gasteiger partial charge < -0.3 is 4.90 Å². The van der Waals surface area contributed by atoms with Crippen molar-refractivity contribution in [2.75, 3.05) is 11.8 Å². The second kappa shape index (κ2) is 8.93. The van der Waals surface area contributed by atoms with E-state index in [1.807, 2.05) is 0 Å². The molecular formula is C21H16BrFN4O3S2. The minimum absolute atomic E-state index is 0.0261. The van der Waals surface area contributed by atoms with Crippen molar-refractivity contribution in [3.8, 4) is 0 Å². The number of halogens is 2. The van der Waals surface area contributed by atoms with E-state index in [1.165, 1.54) is 35.2 Å². The van der Waals surface area contributed by atoms with Crippen LogP contribution in [0.2, 0.25) is 0 Å². The van der Waals surface area contributed by atoms with Crippen LogP contribution in [0.25, 0.3) is 11.0 Å². The van der Waals surface area contributed by atoms with Crippen LogP contribution in [0.5, 0.6) is 0 Å². The molecule has 4 aromatic rings. The molecule has 0 aliphatic rings. The Kier molecular flexibility index (Phi) is 6.22. The quantitative estimate of drug-likeness (QED) is 0.388. The van der Waals surface area contributed by atoms with Crippen molar-refractivity contribution in [2.24, 2.45) is 0 Å². The summed E-state index contributed by atoms with van der Waals surface area (Å²) in [7, 11) is -2.46. The summed E-state index contributed by atoms with van der Waals surface area (Å²) >= 11 is 4.25. The Morgan fingerprint density at radius 3 is 2.62 bits per heavy atom. The Morgan fingerprint density at radius 1 is 1.12 bits per heavy atom. The van der Waals surface area contributed by atoms with E-state index < -0.39 is 15.9 Å². The number of benzene rings is 3. The molecule has 1 aromatic heterocycles. The van der Waals surface area contributed by atoms with Gasteiger partial charge in [-0.1, -0.05) is 34.1 Å². The van der Waals surface area contributed by atoms with Crippen molar-refractivity contribution in [2.45, 2.75) is 11.4 Å². The normalized spacial score (nSPS) is 11.5. The van der Waals surface area contributed by atoms with Gasteiger partial charge in [0.05, 0.1) is 23.0 Å². The van der Waals surface area contributed by atoms with Gasteiger partial charge in [0, 0.05) is 18.1 Å². The molecule has 0 saturated heterocycles. The van der Waals surface area contributed by atoms with Crippen LogP contribution < -0.4 is 4.72 Å². The van der Waals surface area contributed by atoms with Gasteiger partial charge in [0.15, 0.2) is 0 Å². The lowest BCUT2D eigenvalue weighted by atomic mass is 10.1. The summed E-state index contributed by atoms with van der Waals surface area (Å²) in [6.07, 6.45) is 0. The molecule has 32 heavy (non-hydrogen) atoms. The van der Waals surface area contributed by atoms with Gasteiger partial charge in [-0.3, -0.25) is 9.52 Å². The van der Waals surface area contributed by atoms with Crippen molar-refractivity contribution in [3.63, 3.8) is 0 Å². The van der Waals surface area contributed by atoms with Crippen LogP contribution in [-0.4, -0.2) is 35.0 Å². The lowest BCUT2D eigenvalue weighted by Crippen LogP contribution is -2.27. The SMILES string of the molecule is CN(Cc1ccc(F)cc1)C(=O)c1ccc(Br)cc1NS(=O)(=O)c1cccc2nsnc12. The summed E-state index contributed by atoms with van der Waals surface area (Å²) in [4.78, 5) is 14.5. The lowest BCUT2D eigenvalue weighted by Gasteiger charge is -2.20. The van der Waals surface area contributed by atoms with Crippen molar-refractivity contribution >= 4 is 60.3 Å². The van der Waals surface area contributed by atoms with Crippen molar-refractivity contribution in [1.29, 1.82) is 0 Å². The van der Waals surface area contributed by atoms with Crippen LogP contribution in [0.1, 0.15) is 15.9 Å². The van der Waals surface area contributed by atoms with Crippen molar-refractivity contribution in [3.05, 3.63) is 82.1 Å². The zero-order valence-corrected chi connectivity index (χ0v) is 19.8. The Bertz CT molecular complexity index is 1410. The number of carbonyl (C=O) groups excluding carboxylic acids is 1. The minimum Gasteiger partial charge on any atom is -0.337 e. The van der Waals surface area contributed by atoms with E-state index in [9.17, 15) is 17.6 Å². The smallest absolute Gasteiger partial charge is 0.264 e. The number of aromatic nitrogens is 2. The number of hydrogen-bond donors (Lipinski definition) is 1. The number of fused-ring (bicyclic) bond motifs is 1. The molecule has 0 aliphatic heterocycles. The van der Waals surface area contributed by atoms with Gasteiger partial charge in [0.2, 0.25) is 0 Å². The standard InChI is InChI=1S/C21H16BrFN4O3S2/c1-27(12-13-5-8-15(23)9-6-13)21(28)16-10-7-14(22)11-18(16)26-32(29,30)19-4-2-3-17-20(19)25-31-24-17/h2-11,26H,12H2,1H3. The van der Waals surface area contributed by atoms with E-state index in [2.05, 4.69) is 29.4 Å². The van der Waals surface area contributed by atoms with E-state index in [4.69, 9.17) is 0 Å². The largest absolute Gasteiger partial charge is 0.337 e. The van der Waals surface area contributed by atoms with Gasteiger partial charge >= 0.3 is 0 Å². The van der Waals surface area contributed by atoms with Crippen LogP contribution in [0.3, 0.4) is 0 Å². The summed E-state index contributed by atoms with van der Waals surface area (Å²) in [5.74, 6) is -0.759. The first-order valence-corrected chi connectivity index (χ1v) is 12.3. The molecule has 1 N–H and O–H groups in total. The number of hydrogen-bond acceptors (Lipinski definition) is 6. The van der Waals surface area contributed by atoms with Gasteiger partial charge in [-0.2, -0.15) is 8.75 Å². The second-order valence-electron chi connectivity index (χ2n) is 6.97. The maximum atomic E-state index is 13.2. The van der Waals surface area contributed by atoms with Crippen LogP contribution in [-0.2, 0) is 16.6 Å².